The van der Waals surface area contributed by atoms with Gasteiger partial charge in [0, 0.05) is 22.8 Å². The van der Waals surface area contributed by atoms with Gasteiger partial charge in [-0.15, -0.1) is 0 Å². The van der Waals surface area contributed by atoms with Crippen molar-refractivity contribution < 1.29 is 14.3 Å². The predicted octanol–water partition coefficient (Wildman–Crippen LogP) is 3.27. The number of hydrogen-bond acceptors (Lipinski definition) is 3. The summed E-state index contributed by atoms with van der Waals surface area (Å²) in [6.45, 7) is 0.876. The Kier molecular flexibility index (Phi) is 2.79. The first-order chi connectivity index (χ1) is 10.2. The second kappa shape index (κ2) is 4.67. The number of anilines is 1. The van der Waals surface area contributed by atoms with E-state index in [9.17, 15) is 4.79 Å². The van der Waals surface area contributed by atoms with Crippen LogP contribution in [-0.2, 0) is 6.42 Å². The van der Waals surface area contributed by atoms with Gasteiger partial charge >= 0.3 is 0 Å². The number of carbonyl (C=O) groups is 1. The zero-order valence-corrected chi connectivity index (χ0v) is 11.9. The number of halogens is 1. The largest absolute Gasteiger partial charge is 0.454 e. The van der Waals surface area contributed by atoms with Crippen molar-refractivity contribution >= 4 is 23.2 Å². The number of hydrogen-bond donors (Lipinski definition) is 0. The molecule has 0 saturated carbocycles. The molecule has 0 aliphatic carbocycles. The molecule has 0 saturated heterocycles. The highest BCUT2D eigenvalue weighted by Crippen LogP contribution is 2.35. The molecule has 0 spiro atoms. The fourth-order valence-electron chi connectivity index (χ4n) is 2.77. The first-order valence-corrected chi connectivity index (χ1v) is 7.10. The van der Waals surface area contributed by atoms with Gasteiger partial charge in [-0.2, -0.15) is 0 Å². The molecule has 0 N–H and O–H groups in total. The Hall–Kier alpha value is -2.20. The van der Waals surface area contributed by atoms with E-state index in [1.807, 2.05) is 18.2 Å². The molecule has 0 atom stereocenters. The summed E-state index contributed by atoms with van der Waals surface area (Å²) in [6.07, 6.45) is 0.826. The molecule has 21 heavy (non-hydrogen) atoms. The minimum absolute atomic E-state index is 0.0330. The number of benzene rings is 2. The van der Waals surface area contributed by atoms with Crippen molar-refractivity contribution in [1.29, 1.82) is 0 Å². The number of fused-ring (bicyclic) bond motifs is 2. The van der Waals surface area contributed by atoms with E-state index in [0.29, 0.717) is 28.6 Å². The maximum atomic E-state index is 12.7. The fourth-order valence-corrected chi connectivity index (χ4v) is 2.96. The van der Waals surface area contributed by atoms with E-state index < -0.39 is 0 Å². The second-order valence-electron chi connectivity index (χ2n) is 5.05. The summed E-state index contributed by atoms with van der Waals surface area (Å²) >= 11 is 6.00. The summed E-state index contributed by atoms with van der Waals surface area (Å²) in [5.74, 6) is 1.27. The van der Waals surface area contributed by atoms with Gasteiger partial charge in [0.1, 0.15) is 0 Å². The highest BCUT2D eigenvalue weighted by molar-refractivity contribution is 6.30. The Morgan fingerprint density at radius 2 is 1.95 bits per heavy atom. The van der Waals surface area contributed by atoms with Crippen molar-refractivity contribution in [2.75, 3.05) is 18.2 Å². The van der Waals surface area contributed by atoms with Gasteiger partial charge in [0.25, 0.3) is 5.91 Å². The van der Waals surface area contributed by atoms with Crippen molar-refractivity contribution in [3.05, 3.63) is 52.5 Å². The summed E-state index contributed by atoms with van der Waals surface area (Å²) in [7, 11) is 0. The lowest BCUT2D eigenvalue weighted by molar-refractivity contribution is 0.0989. The van der Waals surface area contributed by atoms with Crippen LogP contribution in [0, 0.1) is 0 Å². The molecule has 0 bridgehead atoms. The zero-order valence-electron chi connectivity index (χ0n) is 11.1. The quantitative estimate of drug-likeness (QED) is 0.811. The monoisotopic (exact) mass is 301 g/mol. The smallest absolute Gasteiger partial charge is 0.258 e. The molecule has 0 fully saturated rings. The first kappa shape index (κ1) is 12.5. The number of carbonyl (C=O) groups excluding carboxylic acids is 1. The van der Waals surface area contributed by atoms with Crippen molar-refractivity contribution in [2.24, 2.45) is 0 Å². The lowest BCUT2D eigenvalue weighted by Crippen LogP contribution is -2.28. The first-order valence-electron chi connectivity index (χ1n) is 6.72. The average molecular weight is 302 g/mol. The molecule has 2 aliphatic heterocycles. The molecular weight excluding hydrogens is 290 g/mol. The molecular formula is C16H12ClNO3. The van der Waals surface area contributed by atoms with Gasteiger partial charge in [-0.05, 0) is 48.4 Å². The van der Waals surface area contributed by atoms with Crippen LogP contribution >= 0.6 is 11.6 Å². The highest BCUT2D eigenvalue weighted by Gasteiger charge is 2.27. The minimum atomic E-state index is -0.0330. The minimum Gasteiger partial charge on any atom is -0.454 e. The van der Waals surface area contributed by atoms with E-state index in [-0.39, 0.29) is 12.7 Å². The van der Waals surface area contributed by atoms with Crippen molar-refractivity contribution in [3.63, 3.8) is 0 Å². The molecule has 4 rings (SSSR count). The molecule has 0 aromatic heterocycles. The summed E-state index contributed by atoms with van der Waals surface area (Å²) in [5, 5.41) is 0.700. The van der Waals surface area contributed by atoms with Crippen LogP contribution in [0.3, 0.4) is 0 Å². The van der Waals surface area contributed by atoms with Crippen molar-refractivity contribution in [2.45, 2.75) is 6.42 Å². The molecule has 2 aromatic rings. The van der Waals surface area contributed by atoms with Crippen LogP contribution < -0.4 is 14.4 Å². The number of amides is 1. The normalized spacial score (nSPS) is 15.2. The lowest BCUT2D eigenvalue weighted by atomic mass is 10.1. The third-order valence-corrected chi connectivity index (χ3v) is 4.04. The van der Waals surface area contributed by atoms with E-state index in [1.165, 1.54) is 0 Å². The summed E-state index contributed by atoms with van der Waals surface area (Å²) in [4.78, 5) is 14.5. The summed E-state index contributed by atoms with van der Waals surface area (Å²) < 4.78 is 10.6. The van der Waals surface area contributed by atoms with Gasteiger partial charge in [-0.25, -0.2) is 0 Å². The van der Waals surface area contributed by atoms with E-state index in [4.69, 9.17) is 21.1 Å². The van der Waals surface area contributed by atoms with Crippen molar-refractivity contribution in [1.82, 2.24) is 0 Å². The molecule has 1 amide bonds. The topological polar surface area (TPSA) is 38.8 Å². The van der Waals surface area contributed by atoms with Crippen molar-refractivity contribution in [3.8, 4) is 11.5 Å². The maximum Gasteiger partial charge on any atom is 0.258 e. The van der Waals surface area contributed by atoms with E-state index in [2.05, 4.69) is 0 Å². The van der Waals surface area contributed by atoms with E-state index >= 15 is 0 Å². The molecule has 4 nitrogen and oxygen atoms in total. The Labute approximate surface area is 126 Å². The fraction of sp³-hybridized carbons (Fsp3) is 0.188. The lowest BCUT2D eigenvalue weighted by Gasteiger charge is -2.17. The van der Waals surface area contributed by atoms with Gasteiger partial charge in [0.05, 0.1) is 0 Å². The van der Waals surface area contributed by atoms with Crippen LogP contribution in [0.2, 0.25) is 5.02 Å². The Bertz CT molecular complexity index is 744. The standard InChI is InChI=1S/C16H12ClNO3/c17-12-2-3-13-10(7-12)5-6-18(13)16(19)11-1-4-14-15(8-11)21-9-20-14/h1-4,7-8H,5-6,9H2. The number of ether oxygens (including phenoxy) is 2. The van der Waals surface area contributed by atoms with Gasteiger partial charge in [0.2, 0.25) is 6.79 Å². The summed E-state index contributed by atoms with van der Waals surface area (Å²) in [5.41, 5.74) is 2.64. The third kappa shape index (κ3) is 2.03. The maximum absolute atomic E-state index is 12.7. The van der Waals surface area contributed by atoms with Gasteiger partial charge in [-0.1, -0.05) is 11.6 Å². The van der Waals surface area contributed by atoms with Crippen LogP contribution in [0.15, 0.2) is 36.4 Å². The molecule has 2 aromatic carbocycles. The molecule has 2 aliphatic rings. The highest BCUT2D eigenvalue weighted by atomic mass is 35.5. The molecule has 2 heterocycles. The zero-order chi connectivity index (χ0) is 14.4. The molecule has 5 heteroatoms. The van der Waals surface area contributed by atoms with Crippen LogP contribution in [-0.4, -0.2) is 19.2 Å². The predicted molar refractivity (Wildman–Crippen MR) is 79.4 cm³/mol. The Morgan fingerprint density at radius 3 is 2.86 bits per heavy atom. The van der Waals surface area contributed by atoms with Crippen LogP contribution in [0.25, 0.3) is 0 Å². The number of rotatable bonds is 1. The van der Waals surface area contributed by atoms with E-state index in [0.717, 1.165) is 17.7 Å². The Balaban J connectivity index is 1.68. The molecule has 0 unspecified atom stereocenters. The van der Waals surface area contributed by atoms with Crippen LogP contribution in [0.1, 0.15) is 15.9 Å². The van der Waals surface area contributed by atoms with Gasteiger partial charge in [0.15, 0.2) is 11.5 Å². The van der Waals surface area contributed by atoms with Gasteiger partial charge < -0.3 is 14.4 Å². The van der Waals surface area contributed by atoms with Crippen LogP contribution in [0.4, 0.5) is 5.69 Å². The SMILES string of the molecule is O=C(c1ccc2c(c1)OCO2)N1CCc2cc(Cl)ccc21. The average Bonchev–Trinajstić information content (AvgIpc) is 3.11. The van der Waals surface area contributed by atoms with E-state index in [1.54, 1.807) is 23.1 Å². The third-order valence-electron chi connectivity index (χ3n) is 3.80. The van der Waals surface area contributed by atoms with Crippen LogP contribution in [0.5, 0.6) is 11.5 Å². The molecule has 0 radical (unpaired) electrons. The molecule has 106 valence electrons. The number of nitrogens with zero attached hydrogens (tertiary/aromatic N) is 1. The summed E-state index contributed by atoms with van der Waals surface area (Å²) in [6, 6.07) is 10.9. The van der Waals surface area contributed by atoms with Gasteiger partial charge in [-0.3, -0.25) is 4.79 Å². The Morgan fingerprint density at radius 1 is 1.10 bits per heavy atom. The second-order valence-corrected chi connectivity index (χ2v) is 5.48.